The number of nitrogens with one attached hydrogen (secondary N) is 1. The molecule has 0 radical (unpaired) electrons. The average Bonchev–Trinajstić information content (AvgIpc) is 3.16. The number of pyridine rings is 1. The van der Waals surface area contributed by atoms with Crippen LogP contribution in [0.25, 0.3) is 10.9 Å². The van der Waals surface area contributed by atoms with Gasteiger partial charge in [-0.25, -0.2) is 0 Å². The summed E-state index contributed by atoms with van der Waals surface area (Å²) < 4.78 is 8.09. The molecule has 1 aromatic carbocycles. The molecule has 2 aromatic heterocycles. The van der Waals surface area contributed by atoms with Crippen LogP contribution < -0.4 is 14.8 Å². The van der Waals surface area contributed by atoms with E-state index in [9.17, 15) is 15.1 Å². The van der Waals surface area contributed by atoms with Crippen molar-refractivity contribution < 1.29 is 19.4 Å². The second-order valence-corrected chi connectivity index (χ2v) is 8.42. The number of hydrogen-bond acceptors (Lipinski definition) is 5. The average molecular weight is 425 g/mol. The number of carbonyl (C=O) groups is 1. The van der Waals surface area contributed by atoms with Crippen molar-refractivity contribution in [1.82, 2.24) is 9.78 Å². The third-order valence-corrected chi connectivity index (χ3v) is 5.93. The highest BCUT2D eigenvalue weighted by Gasteiger charge is 2.24. The first kappa shape index (κ1) is 21.1. The molecular weight excluding hydrogens is 396 g/mol. The van der Waals surface area contributed by atoms with E-state index in [1.54, 1.807) is 18.2 Å². The summed E-state index contributed by atoms with van der Waals surface area (Å²) in [6, 6.07) is 8.79. The predicted molar refractivity (Wildman–Crippen MR) is 117 cm³/mol. The number of aromatic nitrogens is 3. The smallest absolute Gasteiger partial charge is 0.321 e. The number of nitrogens with zero attached hydrogens (tertiary/aromatic N) is 3. The van der Waals surface area contributed by atoms with E-state index >= 15 is 0 Å². The Balaban J connectivity index is 1.63. The highest BCUT2D eigenvalue weighted by atomic mass is 16.5. The molecule has 0 saturated heterocycles. The summed E-state index contributed by atoms with van der Waals surface area (Å²) in [6.45, 7) is 3.82. The van der Waals surface area contributed by atoms with Crippen molar-refractivity contribution in [2.75, 3.05) is 12.4 Å². The number of rotatable bonds is 5. The lowest BCUT2D eigenvalue weighted by Crippen LogP contribution is -2.41. The van der Waals surface area contributed by atoms with Gasteiger partial charge < -0.3 is 20.4 Å². The standard InChI is InChI=1S/C23H28N4O4/c1-14(2)20-5-4-6-21(27(20)30)23(29)24-19-11-15-13-26(16-7-9-17(28)10-8-16)25-18(15)12-22(19)31-3/h4-6,11-14,16-17,28H,7-10H2,1-3H3,(H,24,29)/t16-,17+. The Morgan fingerprint density at radius 1 is 1.29 bits per heavy atom. The Kier molecular flexibility index (Phi) is 5.82. The summed E-state index contributed by atoms with van der Waals surface area (Å²) in [6.07, 6.45) is 5.05. The van der Waals surface area contributed by atoms with Gasteiger partial charge in [0.15, 0.2) is 5.69 Å². The first-order valence-electron chi connectivity index (χ1n) is 10.7. The van der Waals surface area contributed by atoms with Crippen LogP contribution in [-0.4, -0.2) is 34.0 Å². The summed E-state index contributed by atoms with van der Waals surface area (Å²) in [5.41, 5.74) is 1.81. The van der Waals surface area contributed by atoms with Gasteiger partial charge in [0.05, 0.1) is 30.5 Å². The van der Waals surface area contributed by atoms with Crippen LogP contribution in [0.2, 0.25) is 0 Å². The maximum Gasteiger partial charge on any atom is 0.321 e. The molecule has 1 saturated carbocycles. The minimum atomic E-state index is -0.496. The van der Waals surface area contributed by atoms with Gasteiger partial charge in [-0.3, -0.25) is 9.48 Å². The Morgan fingerprint density at radius 2 is 2.03 bits per heavy atom. The fourth-order valence-corrected chi connectivity index (χ4v) is 4.14. The van der Waals surface area contributed by atoms with Gasteiger partial charge in [-0.05, 0) is 37.8 Å². The quantitative estimate of drug-likeness (QED) is 0.482. The summed E-state index contributed by atoms with van der Waals surface area (Å²) in [7, 11) is 1.53. The first-order chi connectivity index (χ1) is 14.9. The molecule has 0 unspecified atom stereocenters. The number of methoxy groups -OCH3 is 1. The number of fused-ring (bicyclic) bond motifs is 1. The van der Waals surface area contributed by atoms with Crippen molar-refractivity contribution in [3.63, 3.8) is 0 Å². The lowest BCUT2D eigenvalue weighted by atomic mass is 9.93. The van der Waals surface area contributed by atoms with E-state index < -0.39 is 5.91 Å². The zero-order valence-electron chi connectivity index (χ0n) is 18.0. The highest BCUT2D eigenvalue weighted by molar-refractivity contribution is 6.04. The number of carbonyl (C=O) groups excluding carboxylic acids is 1. The zero-order chi connectivity index (χ0) is 22.1. The molecule has 8 nitrogen and oxygen atoms in total. The van der Waals surface area contributed by atoms with Gasteiger partial charge in [-0.2, -0.15) is 9.83 Å². The maximum atomic E-state index is 12.9. The van der Waals surface area contributed by atoms with E-state index in [-0.39, 0.29) is 23.8 Å². The number of ether oxygens (including phenoxy) is 1. The van der Waals surface area contributed by atoms with E-state index in [1.807, 2.05) is 30.8 Å². The minimum Gasteiger partial charge on any atom is -0.618 e. The first-order valence-corrected chi connectivity index (χ1v) is 10.7. The van der Waals surface area contributed by atoms with Crippen LogP contribution in [0.1, 0.15) is 67.7 Å². The molecule has 2 N–H and O–H groups in total. The number of aliphatic hydroxyl groups excluding tert-OH is 1. The molecule has 8 heteroatoms. The van der Waals surface area contributed by atoms with Gasteiger partial charge in [0.25, 0.3) is 5.69 Å². The highest BCUT2D eigenvalue weighted by Crippen LogP contribution is 2.33. The van der Waals surface area contributed by atoms with Gasteiger partial charge in [0, 0.05) is 35.7 Å². The van der Waals surface area contributed by atoms with E-state index in [0.717, 1.165) is 36.6 Å². The van der Waals surface area contributed by atoms with Gasteiger partial charge in [0.1, 0.15) is 5.75 Å². The molecule has 1 aliphatic carbocycles. The summed E-state index contributed by atoms with van der Waals surface area (Å²) in [5, 5.41) is 30.7. The van der Waals surface area contributed by atoms with Crippen LogP contribution in [0.4, 0.5) is 5.69 Å². The van der Waals surface area contributed by atoms with Gasteiger partial charge in [-0.1, -0.05) is 13.8 Å². The van der Waals surface area contributed by atoms with Crippen LogP contribution >= 0.6 is 0 Å². The number of hydrogen-bond donors (Lipinski definition) is 2. The lowest BCUT2D eigenvalue weighted by Gasteiger charge is -2.25. The number of amides is 1. The molecule has 3 aromatic rings. The summed E-state index contributed by atoms with van der Waals surface area (Å²) in [4.78, 5) is 12.9. The lowest BCUT2D eigenvalue weighted by molar-refractivity contribution is -0.617. The van der Waals surface area contributed by atoms with E-state index in [4.69, 9.17) is 4.74 Å². The summed E-state index contributed by atoms with van der Waals surface area (Å²) in [5.74, 6) is -0.0192. The molecule has 1 amide bonds. The molecule has 164 valence electrons. The maximum absolute atomic E-state index is 12.9. The molecule has 2 heterocycles. The Bertz CT molecular complexity index is 1100. The van der Waals surface area contributed by atoms with Crippen molar-refractivity contribution in [2.45, 2.75) is 57.6 Å². The fraction of sp³-hybridized carbons (Fsp3) is 0.435. The molecule has 1 aliphatic rings. The molecule has 1 fully saturated rings. The monoisotopic (exact) mass is 424 g/mol. The largest absolute Gasteiger partial charge is 0.618 e. The van der Waals surface area contributed by atoms with Gasteiger partial charge in [-0.15, -0.1) is 0 Å². The van der Waals surface area contributed by atoms with Gasteiger partial charge >= 0.3 is 5.91 Å². The van der Waals surface area contributed by atoms with E-state index in [1.165, 1.54) is 13.2 Å². The van der Waals surface area contributed by atoms with Gasteiger partial charge in [0.2, 0.25) is 0 Å². The second kappa shape index (κ2) is 8.55. The second-order valence-electron chi connectivity index (χ2n) is 8.42. The van der Waals surface area contributed by atoms with Crippen LogP contribution in [-0.2, 0) is 0 Å². The van der Waals surface area contributed by atoms with E-state index in [0.29, 0.717) is 21.9 Å². The number of benzene rings is 1. The number of anilines is 1. The normalized spacial score (nSPS) is 19.0. The molecule has 31 heavy (non-hydrogen) atoms. The van der Waals surface area contributed by atoms with Crippen molar-refractivity contribution in [2.24, 2.45) is 0 Å². The van der Waals surface area contributed by atoms with Crippen molar-refractivity contribution in [3.05, 3.63) is 53.1 Å². The third-order valence-electron chi connectivity index (χ3n) is 5.93. The Hall–Kier alpha value is -3.13. The topological polar surface area (TPSA) is 103 Å². The number of aliphatic hydroxyl groups is 1. The minimum absolute atomic E-state index is 0.00266. The molecule has 0 aliphatic heterocycles. The Morgan fingerprint density at radius 3 is 2.71 bits per heavy atom. The van der Waals surface area contributed by atoms with Crippen molar-refractivity contribution in [1.29, 1.82) is 0 Å². The van der Waals surface area contributed by atoms with Crippen LogP contribution in [0, 0.1) is 5.21 Å². The SMILES string of the molecule is COc1cc2nn([C@H]3CC[C@@H](O)CC3)cc2cc1NC(=O)c1cccc(C(C)C)[n+]1[O-]. The third kappa shape index (κ3) is 4.20. The zero-order valence-corrected chi connectivity index (χ0v) is 18.0. The van der Waals surface area contributed by atoms with Crippen molar-refractivity contribution in [3.8, 4) is 5.75 Å². The molecule has 0 bridgehead atoms. The van der Waals surface area contributed by atoms with Crippen LogP contribution in [0.5, 0.6) is 5.75 Å². The summed E-state index contributed by atoms with van der Waals surface area (Å²) >= 11 is 0. The van der Waals surface area contributed by atoms with Crippen LogP contribution in [0.15, 0.2) is 36.5 Å². The molecule has 0 spiro atoms. The molecule has 0 atom stereocenters. The Labute approximate surface area is 181 Å². The fourth-order valence-electron chi connectivity index (χ4n) is 4.14. The molecule has 4 rings (SSSR count). The molecular formula is C23H28N4O4. The van der Waals surface area contributed by atoms with Crippen LogP contribution in [0.3, 0.4) is 0 Å². The van der Waals surface area contributed by atoms with Crippen molar-refractivity contribution >= 4 is 22.5 Å². The van der Waals surface area contributed by atoms with E-state index in [2.05, 4.69) is 10.4 Å². The predicted octanol–water partition coefficient (Wildman–Crippen LogP) is 3.53.